The summed E-state index contributed by atoms with van der Waals surface area (Å²) in [6.45, 7) is 5.89. The van der Waals surface area contributed by atoms with Crippen molar-refractivity contribution < 1.29 is 33.8 Å². The number of ether oxygens (including phenoxy) is 1. The zero-order valence-corrected chi connectivity index (χ0v) is 33.5. The predicted octanol–water partition coefficient (Wildman–Crippen LogP) is 5.40. The molecule has 5 N–H and O–H groups in total. The average molecular weight is 801 g/mol. The van der Waals surface area contributed by atoms with E-state index in [4.69, 9.17) is 4.74 Å². The molecule has 2 aliphatic rings. The molecule has 0 radical (unpaired) electrons. The standard InChI is InChI=1S/C46H48N4O7S/c1-46(2,3)34-19-13-30(14-20-34)25-38-43(53)50-40(45(55)56)26-31-15-21-35(22-16-31)57-28-41(51)47-39(27-36-10-7-23-58-36)44(54)49-37(42(52)48-38)24-29-11-17-33(18-12-29)32-8-5-4-6-9-32/h4-23,37-40H,24-28H2,1-3H3,(H,47,51)(H,48,52)(H,49,54)(H,50,53)(H,55,56)/t37-,38+,39+,40+/m1/s1. The molecule has 0 spiro atoms. The first kappa shape index (κ1) is 41.4. The number of benzene rings is 4. The number of carboxylic acid groups (broad SMARTS) is 1. The van der Waals surface area contributed by atoms with E-state index in [1.165, 1.54) is 11.3 Å². The van der Waals surface area contributed by atoms with E-state index in [-0.39, 0.29) is 31.1 Å². The minimum Gasteiger partial charge on any atom is -0.484 e. The second-order valence-electron chi connectivity index (χ2n) is 15.5. The van der Waals surface area contributed by atoms with Gasteiger partial charge in [-0.05, 0) is 62.4 Å². The zero-order valence-electron chi connectivity index (χ0n) is 32.7. The van der Waals surface area contributed by atoms with E-state index in [1.54, 1.807) is 24.3 Å². The first-order valence-corrected chi connectivity index (χ1v) is 20.1. The summed E-state index contributed by atoms with van der Waals surface area (Å²) in [6.07, 6.45) is 0.209. The van der Waals surface area contributed by atoms with Crippen molar-refractivity contribution in [1.29, 1.82) is 0 Å². The van der Waals surface area contributed by atoms with Crippen molar-refractivity contribution in [2.75, 3.05) is 6.61 Å². The third kappa shape index (κ3) is 11.4. The van der Waals surface area contributed by atoms with E-state index in [0.717, 1.165) is 32.7 Å². The first-order chi connectivity index (χ1) is 27.8. The third-order valence-corrected chi connectivity index (χ3v) is 10.9. The van der Waals surface area contributed by atoms with Gasteiger partial charge in [0.05, 0.1) is 0 Å². The summed E-state index contributed by atoms with van der Waals surface area (Å²) in [5.41, 5.74) is 5.03. The Morgan fingerprint density at radius 1 is 0.655 bits per heavy atom. The number of hydrogen-bond donors (Lipinski definition) is 5. The molecule has 2 bridgehead atoms. The molecule has 0 fully saturated rings. The lowest BCUT2D eigenvalue weighted by molar-refractivity contribution is -0.142. The number of carboxylic acids is 1. The van der Waals surface area contributed by atoms with Gasteiger partial charge < -0.3 is 31.1 Å². The minimum absolute atomic E-state index is 0.0455. The highest BCUT2D eigenvalue weighted by molar-refractivity contribution is 7.09. The Bertz CT molecular complexity index is 2180. The van der Waals surface area contributed by atoms with Gasteiger partial charge in [-0.2, -0.15) is 0 Å². The van der Waals surface area contributed by atoms with E-state index in [0.29, 0.717) is 11.3 Å². The maximum Gasteiger partial charge on any atom is 0.326 e. The molecule has 12 heteroatoms. The molecule has 0 saturated carbocycles. The Balaban J connectivity index is 1.35. The molecule has 4 amide bonds. The average Bonchev–Trinajstić information content (AvgIpc) is 3.73. The molecule has 4 atom stereocenters. The van der Waals surface area contributed by atoms with Gasteiger partial charge in [0.25, 0.3) is 5.91 Å². The summed E-state index contributed by atoms with van der Waals surface area (Å²) in [7, 11) is 0. The van der Waals surface area contributed by atoms with Crippen LogP contribution in [0.3, 0.4) is 0 Å². The number of hydrogen-bond acceptors (Lipinski definition) is 7. The van der Waals surface area contributed by atoms with Crippen LogP contribution in [0.2, 0.25) is 0 Å². The molecule has 1 aromatic heterocycles. The fraction of sp³-hybridized carbons (Fsp3) is 0.283. The molecule has 11 nitrogen and oxygen atoms in total. The van der Waals surface area contributed by atoms with Crippen LogP contribution in [-0.4, -0.2) is 65.5 Å². The molecule has 300 valence electrons. The van der Waals surface area contributed by atoms with Crippen LogP contribution >= 0.6 is 11.3 Å². The number of fused-ring (bicyclic) bond motifs is 16. The van der Waals surface area contributed by atoms with Gasteiger partial charge in [0, 0.05) is 30.6 Å². The highest BCUT2D eigenvalue weighted by Gasteiger charge is 2.32. The lowest BCUT2D eigenvalue weighted by Crippen LogP contribution is -2.59. The Kier molecular flexibility index (Phi) is 13.4. The third-order valence-electron chi connectivity index (χ3n) is 10.0. The molecule has 0 saturated heterocycles. The summed E-state index contributed by atoms with van der Waals surface area (Å²) in [5.74, 6) is -3.39. The van der Waals surface area contributed by atoms with E-state index >= 15 is 0 Å². The molecule has 5 aromatic rings. The zero-order chi connectivity index (χ0) is 41.2. The Hall–Kier alpha value is -6.27. The van der Waals surface area contributed by atoms with Crippen LogP contribution in [0.15, 0.2) is 121 Å². The van der Waals surface area contributed by atoms with Crippen molar-refractivity contribution >= 4 is 40.9 Å². The second-order valence-corrected chi connectivity index (χ2v) is 16.5. The highest BCUT2D eigenvalue weighted by Crippen LogP contribution is 2.23. The number of carbonyl (C=O) groups excluding carboxylic acids is 4. The van der Waals surface area contributed by atoms with Gasteiger partial charge in [-0.15, -0.1) is 11.3 Å². The van der Waals surface area contributed by atoms with E-state index in [9.17, 15) is 29.1 Å². The molecular formula is C46H48N4O7S. The molecule has 4 aromatic carbocycles. The maximum absolute atomic E-state index is 14.5. The first-order valence-electron chi connectivity index (χ1n) is 19.2. The van der Waals surface area contributed by atoms with Gasteiger partial charge in [-0.3, -0.25) is 19.2 Å². The van der Waals surface area contributed by atoms with Gasteiger partial charge in [-0.25, -0.2) is 4.79 Å². The maximum atomic E-state index is 14.5. The molecule has 7 rings (SSSR count). The van der Waals surface area contributed by atoms with Gasteiger partial charge in [0.15, 0.2) is 6.61 Å². The topological polar surface area (TPSA) is 163 Å². The fourth-order valence-electron chi connectivity index (χ4n) is 6.69. The Labute approximate surface area is 342 Å². The number of rotatable bonds is 8. The number of amides is 4. The highest BCUT2D eigenvalue weighted by atomic mass is 32.1. The van der Waals surface area contributed by atoms with Crippen molar-refractivity contribution in [2.45, 2.75) is 76.0 Å². The van der Waals surface area contributed by atoms with Crippen LogP contribution in [0.5, 0.6) is 5.75 Å². The predicted molar refractivity (Wildman–Crippen MR) is 223 cm³/mol. The monoisotopic (exact) mass is 800 g/mol. The molecule has 3 heterocycles. The number of thiophene rings is 1. The van der Waals surface area contributed by atoms with Crippen molar-refractivity contribution in [1.82, 2.24) is 21.3 Å². The normalized spacial score (nSPS) is 19.6. The van der Waals surface area contributed by atoms with Crippen molar-refractivity contribution in [3.05, 3.63) is 148 Å². The van der Waals surface area contributed by atoms with E-state index in [2.05, 4.69) is 42.0 Å². The molecular weight excluding hydrogens is 753 g/mol. The van der Waals surface area contributed by atoms with Crippen LogP contribution in [0.1, 0.15) is 47.9 Å². The van der Waals surface area contributed by atoms with Crippen molar-refractivity contribution in [3.8, 4) is 16.9 Å². The second kappa shape index (κ2) is 18.8. The summed E-state index contributed by atoms with van der Waals surface area (Å²) in [4.78, 5) is 69.4. The van der Waals surface area contributed by atoms with Gasteiger partial charge in [0.2, 0.25) is 17.7 Å². The lowest BCUT2D eigenvalue weighted by atomic mass is 9.86. The smallest absolute Gasteiger partial charge is 0.326 e. The van der Waals surface area contributed by atoms with Gasteiger partial charge in [-0.1, -0.05) is 118 Å². The Morgan fingerprint density at radius 2 is 1.21 bits per heavy atom. The lowest BCUT2D eigenvalue weighted by Gasteiger charge is -2.26. The molecule has 2 aliphatic heterocycles. The van der Waals surface area contributed by atoms with Gasteiger partial charge in [0.1, 0.15) is 29.9 Å². The number of carbonyl (C=O) groups is 5. The van der Waals surface area contributed by atoms with Crippen LogP contribution < -0.4 is 26.0 Å². The van der Waals surface area contributed by atoms with Crippen LogP contribution in [0.4, 0.5) is 0 Å². The van der Waals surface area contributed by atoms with E-state index < -0.39 is 60.4 Å². The van der Waals surface area contributed by atoms with E-state index in [1.807, 2.05) is 96.4 Å². The quantitative estimate of drug-likeness (QED) is 0.131. The summed E-state index contributed by atoms with van der Waals surface area (Å²) in [6, 6.07) is 30.6. The molecule has 58 heavy (non-hydrogen) atoms. The van der Waals surface area contributed by atoms with Crippen molar-refractivity contribution in [3.63, 3.8) is 0 Å². The van der Waals surface area contributed by atoms with Crippen LogP contribution in [-0.2, 0) is 55.1 Å². The van der Waals surface area contributed by atoms with Gasteiger partial charge >= 0.3 is 5.97 Å². The minimum atomic E-state index is -1.33. The summed E-state index contributed by atoms with van der Waals surface area (Å²) in [5, 5.41) is 23.2. The summed E-state index contributed by atoms with van der Waals surface area (Å²) >= 11 is 1.43. The number of aliphatic carboxylic acids is 1. The van der Waals surface area contributed by atoms with Crippen LogP contribution in [0.25, 0.3) is 11.1 Å². The van der Waals surface area contributed by atoms with Crippen LogP contribution in [0, 0.1) is 0 Å². The molecule has 0 aliphatic carbocycles. The molecule has 0 unspecified atom stereocenters. The van der Waals surface area contributed by atoms with Crippen molar-refractivity contribution in [2.24, 2.45) is 0 Å². The SMILES string of the molecule is CC(C)(C)c1ccc(C[C@@H]2NC(=O)[C@@H](Cc3ccc(-c4ccccc4)cc3)NC(=O)[C@H](Cc3cccs3)NC(=O)COc3ccc(cc3)C[C@@H](C(=O)O)NC2=O)cc1. The summed E-state index contributed by atoms with van der Waals surface area (Å²) < 4.78 is 5.71. The Morgan fingerprint density at radius 3 is 1.76 bits per heavy atom. The largest absolute Gasteiger partial charge is 0.484 e. The number of nitrogens with one attached hydrogen (secondary N) is 4. The fourth-order valence-corrected chi connectivity index (χ4v) is 7.45.